The van der Waals surface area contributed by atoms with Crippen LogP contribution in [0.2, 0.25) is 5.02 Å². The normalized spacial score (nSPS) is 23.3. The molecule has 2 aliphatic rings. The lowest BCUT2D eigenvalue weighted by Crippen LogP contribution is -2.33. The maximum Gasteiger partial charge on any atom is 0.242 e. The van der Waals surface area contributed by atoms with E-state index in [0.717, 1.165) is 35.9 Å². The number of hydrogen-bond donors (Lipinski definition) is 0. The number of halogens is 1. The van der Waals surface area contributed by atoms with Crippen molar-refractivity contribution in [3.05, 3.63) is 52.8 Å². The minimum atomic E-state index is -0.176. The smallest absolute Gasteiger partial charge is 0.242 e. The van der Waals surface area contributed by atoms with Crippen LogP contribution in [0.1, 0.15) is 23.7 Å². The Bertz CT molecular complexity index is 802. The summed E-state index contributed by atoms with van der Waals surface area (Å²) in [5, 5.41) is 5.52. The van der Waals surface area contributed by atoms with Crippen LogP contribution in [-0.2, 0) is 11.2 Å². The molecule has 1 aromatic heterocycles. The van der Waals surface area contributed by atoms with Gasteiger partial charge in [0, 0.05) is 24.3 Å². The minimum Gasteiger partial charge on any atom is -0.274 e. The molecular weight excluding hydrogens is 356 g/mol. The van der Waals surface area contributed by atoms with Crippen molar-refractivity contribution in [2.24, 2.45) is 5.92 Å². The summed E-state index contributed by atoms with van der Waals surface area (Å²) in [6.07, 6.45) is 5.36. The molecule has 1 aromatic carbocycles. The van der Waals surface area contributed by atoms with Crippen molar-refractivity contribution >= 4 is 29.3 Å². The molecule has 2 atom stereocenters. The quantitative estimate of drug-likeness (QED) is 0.607. The van der Waals surface area contributed by atoms with E-state index in [2.05, 4.69) is 15.0 Å². The summed E-state index contributed by atoms with van der Waals surface area (Å²) in [6, 6.07) is 9.63. The van der Waals surface area contributed by atoms with Gasteiger partial charge in [-0.25, -0.2) is 15.0 Å². The fourth-order valence-electron chi connectivity index (χ4n) is 3.77. The van der Waals surface area contributed by atoms with Crippen LogP contribution in [0.3, 0.4) is 0 Å². The number of carbonyl (C=O) groups is 1. The van der Waals surface area contributed by atoms with Crippen molar-refractivity contribution in [2.75, 3.05) is 19.3 Å². The van der Waals surface area contributed by atoms with Crippen LogP contribution >= 0.6 is 23.4 Å². The molecule has 4 rings (SSSR count). The second-order valence-corrected chi connectivity index (χ2v) is 7.47. The zero-order valence-corrected chi connectivity index (χ0v) is 15.5. The number of benzene rings is 1. The van der Waals surface area contributed by atoms with E-state index < -0.39 is 0 Å². The number of thioether (sulfide) groups is 1. The maximum absolute atomic E-state index is 13.0. The average molecular weight is 375 g/mol. The van der Waals surface area contributed by atoms with Crippen LogP contribution in [0, 0.1) is 5.92 Å². The third-order valence-electron chi connectivity index (χ3n) is 4.88. The highest BCUT2D eigenvalue weighted by atomic mass is 35.5. The molecule has 2 aromatic rings. The number of fused-ring (bicyclic) bond motifs is 1. The lowest BCUT2D eigenvalue weighted by molar-refractivity contribution is -0.136. The van der Waals surface area contributed by atoms with E-state index in [9.17, 15) is 4.79 Å². The lowest BCUT2D eigenvalue weighted by Gasteiger charge is -2.25. The van der Waals surface area contributed by atoms with Crippen molar-refractivity contribution in [1.82, 2.24) is 20.0 Å². The summed E-state index contributed by atoms with van der Waals surface area (Å²) >= 11 is 7.86. The summed E-state index contributed by atoms with van der Waals surface area (Å²) < 4.78 is 0. The summed E-state index contributed by atoms with van der Waals surface area (Å²) in [5.74, 6) is -0.00320. The molecule has 2 saturated heterocycles. The Kier molecular flexibility index (Phi) is 4.67. The van der Waals surface area contributed by atoms with Crippen molar-refractivity contribution < 1.29 is 4.79 Å². The molecule has 0 spiro atoms. The first-order chi connectivity index (χ1) is 12.2. The Morgan fingerprint density at radius 3 is 2.92 bits per heavy atom. The fourth-order valence-corrected chi connectivity index (χ4v) is 4.34. The van der Waals surface area contributed by atoms with Gasteiger partial charge in [-0.2, -0.15) is 0 Å². The van der Waals surface area contributed by atoms with Gasteiger partial charge >= 0.3 is 0 Å². The number of hydrogen-bond acceptors (Lipinski definition) is 5. The molecule has 3 heterocycles. The van der Waals surface area contributed by atoms with Gasteiger partial charge in [0.05, 0.1) is 17.7 Å². The summed E-state index contributed by atoms with van der Waals surface area (Å²) in [7, 11) is 0. The first-order valence-corrected chi connectivity index (χ1v) is 9.97. The third kappa shape index (κ3) is 3.03. The van der Waals surface area contributed by atoms with Gasteiger partial charge in [-0.05, 0) is 36.8 Å². The largest absolute Gasteiger partial charge is 0.274 e. The Morgan fingerprint density at radius 1 is 1.28 bits per heavy atom. The monoisotopic (exact) mass is 374 g/mol. The van der Waals surface area contributed by atoms with E-state index in [1.807, 2.05) is 41.6 Å². The molecule has 0 N–H and O–H groups in total. The fraction of sp³-hybridized carbons (Fsp3) is 0.389. The summed E-state index contributed by atoms with van der Waals surface area (Å²) in [4.78, 5) is 22.0. The van der Waals surface area contributed by atoms with Gasteiger partial charge in [0.25, 0.3) is 0 Å². The SMILES string of the molecule is CSc1nccc(C2C(Cc3ccccc3Cl)C(=O)N3CCCN23)n1. The first kappa shape index (κ1) is 16.8. The van der Waals surface area contributed by atoms with Crippen molar-refractivity contribution in [3.63, 3.8) is 0 Å². The van der Waals surface area contributed by atoms with Crippen LogP contribution in [0.5, 0.6) is 0 Å². The number of carbonyl (C=O) groups excluding carboxylic acids is 1. The van der Waals surface area contributed by atoms with Crippen LogP contribution in [0.15, 0.2) is 41.7 Å². The molecule has 1 amide bonds. The van der Waals surface area contributed by atoms with E-state index in [1.165, 1.54) is 11.8 Å². The molecule has 2 unspecified atom stereocenters. The Morgan fingerprint density at radius 2 is 2.12 bits per heavy atom. The highest BCUT2D eigenvalue weighted by Gasteiger charge is 2.49. The van der Waals surface area contributed by atoms with Crippen molar-refractivity contribution in [3.8, 4) is 0 Å². The average Bonchev–Trinajstić information content (AvgIpc) is 3.20. The molecule has 5 nitrogen and oxygen atoms in total. The molecule has 0 radical (unpaired) electrons. The zero-order valence-electron chi connectivity index (χ0n) is 13.9. The molecule has 25 heavy (non-hydrogen) atoms. The second kappa shape index (κ2) is 6.94. The Hall–Kier alpha value is -1.63. The molecule has 7 heteroatoms. The van der Waals surface area contributed by atoms with E-state index >= 15 is 0 Å². The predicted molar refractivity (Wildman–Crippen MR) is 98.2 cm³/mol. The minimum absolute atomic E-state index is 0.0554. The molecule has 0 bridgehead atoms. The Labute approximate surface area is 156 Å². The van der Waals surface area contributed by atoms with Gasteiger partial charge in [-0.3, -0.25) is 9.80 Å². The standard InChI is InChI=1S/C18H19ClN4OS/c1-25-18-20-8-7-15(21-18)16-13(11-12-5-2-3-6-14(12)19)17(24)23-10-4-9-22(16)23/h2-3,5-8,13,16H,4,9-11H2,1H3. The number of nitrogens with zero attached hydrogens (tertiary/aromatic N) is 4. The van der Waals surface area contributed by atoms with Crippen LogP contribution in [0.4, 0.5) is 0 Å². The van der Waals surface area contributed by atoms with E-state index in [1.54, 1.807) is 6.20 Å². The van der Waals surface area contributed by atoms with Crippen molar-refractivity contribution in [1.29, 1.82) is 0 Å². The molecule has 0 aliphatic carbocycles. The molecular formula is C18H19ClN4OS. The summed E-state index contributed by atoms with van der Waals surface area (Å²) in [5.41, 5.74) is 1.92. The molecule has 0 saturated carbocycles. The number of hydrazine groups is 1. The van der Waals surface area contributed by atoms with Gasteiger partial charge in [-0.15, -0.1) is 0 Å². The topological polar surface area (TPSA) is 49.3 Å². The highest BCUT2D eigenvalue weighted by Crippen LogP contribution is 2.42. The molecule has 2 aliphatic heterocycles. The van der Waals surface area contributed by atoms with E-state index in [-0.39, 0.29) is 17.9 Å². The van der Waals surface area contributed by atoms with Gasteiger partial charge in [0.15, 0.2) is 5.16 Å². The first-order valence-electron chi connectivity index (χ1n) is 8.37. The van der Waals surface area contributed by atoms with Crippen molar-refractivity contribution in [2.45, 2.75) is 24.0 Å². The number of amides is 1. The lowest BCUT2D eigenvalue weighted by atomic mass is 9.90. The highest BCUT2D eigenvalue weighted by molar-refractivity contribution is 7.98. The van der Waals surface area contributed by atoms with Crippen LogP contribution in [-0.4, -0.2) is 45.2 Å². The van der Waals surface area contributed by atoms with E-state index in [4.69, 9.17) is 11.6 Å². The van der Waals surface area contributed by atoms with Gasteiger partial charge in [0.2, 0.25) is 5.91 Å². The Balaban J connectivity index is 1.72. The zero-order chi connectivity index (χ0) is 17.4. The number of rotatable bonds is 4. The predicted octanol–water partition coefficient (Wildman–Crippen LogP) is 3.21. The molecule has 2 fully saturated rings. The third-order valence-corrected chi connectivity index (χ3v) is 5.81. The second-order valence-electron chi connectivity index (χ2n) is 6.29. The van der Waals surface area contributed by atoms with Crippen LogP contribution < -0.4 is 0 Å². The summed E-state index contributed by atoms with van der Waals surface area (Å²) in [6.45, 7) is 1.67. The van der Waals surface area contributed by atoms with Gasteiger partial charge < -0.3 is 0 Å². The van der Waals surface area contributed by atoms with Gasteiger partial charge in [-0.1, -0.05) is 41.6 Å². The maximum atomic E-state index is 13.0. The molecule has 130 valence electrons. The van der Waals surface area contributed by atoms with Crippen LogP contribution in [0.25, 0.3) is 0 Å². The van der Waals surface area contributed by atoms with E-state index in [0.29, 0.717) is 11.4 Å². The number of aromatic nitrogens is 2. The van der Waals surface area contributed by atoms with Gasteiger partial charge in [0.1, 0.15) is 0 Å².